The van der Waals surface area contributed by atoms with Gasteiger partial charge in [-0.15, -0.1) is 0 Å². The van der Waals surface area contributed by atoms with Crippen LogP contribution in [0.1, 0.15) is 121 Å². The van der Waals surface area contributed by atoms with E-state index in [1.54, 1.807) is 41.9 Å². The van der Waals surface area contributed by atoms with Gasteiger partial charge in [-0.2, -0.15) is 0 Å². The van der Waals surface area contributed by atoms with Gasteiger partial charge in [-0.25, -0.2) is 4.79 Å². The van der Waals surface area contributed by atoms with Crippen molar-refractivity contribution in [1.29, 1.82) is 0 Å². The van der Waals surface area contributed by atoms with E-state index in [4.69, 9.17) is 42.6 Å². The second-order valence-corrected chi connectivity index (χ2v) is 19.8. The zero-order valence-corrected chi connectivity index (χ0v) is 40.2. The summed E-state index contributed by atoms with van der Waals surface area (Å²) >= 11 is 0. The van der Waals surface area contributed by atoms with Gasteiger partial charge in [-0.1, -0.05) is 34.1 Å². The van der Waals surface area contributed by atoms with E-state index in [1.807, 2.05) is 34.6 Å². The van der Waals surface area contributed by atoms with E-state index in [0.29, 0.717) is 6.42 Å². The topological polar surface area (TPSA) is 170 Å². The van der Waals surface area contributed by atoms with Crippen LogP contribution in [-0.4, -0.2) is 159 Å². The molecule has 1 amide bonds. The van der Waals surface area contributed by atoms with Gasteiger partial charge in [0.15, 0.2) is 24.3 Å². The average molecular weight is 882 g/mol. The summed E-state index contributed by atoms with van der Waals surface area (Å²) in [6.45, 7) is 22.0. The lowest BCUT2D eigenvalue weighted by molar-refractivity contribution is -0.315. The molecule has 0 aliphatic carbocycles. The Kier molecular flexibility index (Phi) is 16.6. The Morgan fingerprint density at radius 1 is 0.871 bits per heavy atom. The molecule has 5 rings (SSSR count). The molecule has 16 heteroatoms. The Balaban J connectivity index is 1.64. The second-order valence-electron chi connectivity index (χ2n) is 19.8. The largest absolute Gasteiger partial charge is 0.458 e. The lowest BCUT2D eigenvalue weighted by atomic mass is 9.73. The zero-order valence-electron chi connectivity index (χ0n) is 40.2. The van der Waals surface area contributed by atoms with Crippen LogP contribution in [0.25, 0.3) is 0 Å². The molecule has 18 atom stereocenters. The summed E-state index contributed by atoms with van der Waals surface area (Å²) < 4.78 is 58.3. The smallest absolute Gasteiger partial charge is 0.408 e. The molecular weight excluding hydrogens is 803 g/mol. The molecule has 5 aliphatic heterocycles. The third-order valence-corrected chi connectivity index (χ3v) is 14.9. The van der Waals surface area contributed by atoms with Gasteiger partial charge in [0.05, 0.1) is 48.0 Å². The third-order valence-electron chi connectivity index (χ3n) is 14.9. The molecule has 0 saturated carbocycles. The molecule has 0 unspecified atom stereocenters. The van der Waals surface area contributed by atoms with Crippen molar-refractivity contribution < 1.29 is 61.8 Å². The van der Waals surface area contributed by atoms with Crippen LogP contribution in [0.2, 0.25) is 0 Å². The molecule has 62 heavy (non-hydrogen) atoms. The first-order valence-electron chi connectivity index (χ1n) is 23.1. The number of esters is 2. The lowest BCUT2D eigenvalue weighted by Gasteiger charge is -2.52. The van der Waals surface area contributed by atoms with Gasteiger partial charge < -0.3 is 52.8 Å². The molecule has 5 saturated heterocycles. The number of carbonyl (C=O) groups excluding carboxylic acids is 4. The number of piperidine rings is 1. The molecule has 0 radical (unpaired) electrons. The molecule has 5 heterocycles. The number of cyclic esters (lactones) is 1. The van der Waals surface area contributed by atoms with Crippen LogP contribution < -0.4 is 5.32 Å². The molecule has 5 fully saturated rings. The Labute approximate surface area is 370 Å². The fourth-order valence-electron chi connectivity index (χ4n) is 11.4. The normalized spacial score (nSPS) is 45.4. The van der Waals surface area contributed by atoms with Crippen molar-refractivity contribution >= 4 is 23.8 Å². The highest BCUT2D eigenvalue weighted by Crippen LogP contribution is 2.44. The number of fused-ring (bicyclic) bond motifs is 1. The predicted molar refractivity (Wildman–Crippen MR) is 229 cm³/mol. The number of methoxy groups -OCH3 is 2. The standard InChI is InChI=1S/C46H79N3O13/c1-16-33-46(11)38(47-43(53)62-46)27(4)36(51)25(2)23-44(9,54-14)39(61-42-35(48(12)13)32(22-26(3)56-42)49-20-18-17-19-21-49)28(5)37(29(6)41(52)59-33)60-34-24-45(10,55-15)40(30(7)57-34)58-31(8)50/h25-30,32-35,37-40,42H,16-24H2,1-15H3,(H,47,53)/t25-,26-,27+,28+,29-,30+,32-,33-,34+,35+,37+,38-,39-,40+,42+,44+,45-,46-/m1/s1. The Bertz CT molecular complexity index is 1560. The summed E-state index contributed by atoms with van der Waals surface area (Å²) in [5, 5.41) is 2.88. The molecule has 0 bridgehead atoms. The van der Waals surface area contributed by atoms with Gasteiger partial charge in [0.2, 0.25) is 0 Å². The van der Waals surface area contributed by atoms with E-state index in [1.165, 1.54) is 13.3 Å². The van der Waals surface area contributed by atoms with E-state index >= 15 is 0 Å². The highest BCUT2D eigenvalue weighted by atomic mass is 16.7. The van der Waals surface area contributed by atoms with Gasteiger partial charge >= 0.3 is 18.0 Å². The highest BCUT2D eigenvalue weighted by Gasteiger charge is 2.58. The third kappa shape index (κ3) is 10.5. The van der Waals surface area contributed by atoms with Crippen LogP contribution >= 0.6 is 0 Å². The number of ketones is 1. The first-order valence-corrected chi connectivity index (χ1v) is 23.1. The number of Topliss-reactive ketones (excluding diaryl/α,β-unsaturated/α-hetero) is 1. The second kappa shape index (κ2) is 20.4. The highest BCUT2D eigenvalue weighted by molar-refractivity contribution is 5.85. The number of hydrogen-bond donors (Lipinski definition) is 1. The fraction of sp³-hybridized carbons (Fsp3) is 0.913. The number of ether oxygens (including phenoxy) is 9. The van der Waals surface area contributed by atoms with Crippen LogP contribution in [0.15, 0.2) is 0 Å². The predicted octanol–water partition coefficient (Wildman–Crippen LogP) is 5.26. The van der Waals surface area contributed by atoms with Gasteiger partial charge in [-0.3, -0.25) is 19.3 Å². The van der Waals surface area contributed by atoms with Crippen LogP contribution in [-0.2, 0) is 57.0 Å². The first kappa shape index (κ1) is 50.6. The quantitative estimate of drug-likeness (QED) is 0.223. The summed E-state index contributed by atoms with van der Waals surface area (Å²) in [6.07, 6.45) is -1.48. The Morgan fingerprint density at radius 3 is 2.08 bits per heavy atom. The number of nitrogens with zero attached hydrogens (tertiary/aromatic N) is 2. The number of rotatable bonds is 10. The van der Waals surface area contributed by atoms with Crippen molar-refractivity contribution in [2.45, 2.75) is 205 Å². The first-order chi connectivity index (χ1) is 29.0. The summed E-state index contributed by atoms with van der Waals surface area (Å²) in [7, 11) is 7.27. The van der Waals surface area contributed by atoms with Crippen LogP contribution in [0.4, 0.5) is 4.79 Å². The summed E-state index contributed by atoms with van der Waals surface area (Å²) in [4.78, 5) is 59.3. The Morgan fingerprint density at radius 2 is 1.50 bits per heavy atom. The van der Waals surface area contributed by atoms with Crippen LogP contribution in [0.5, 0.6) is 0 Å². The summed E-state index contributed by atoms with van der Waals surface area (Å²) in [5.41, 5.74) is -3.51. The molecule has 356 valence electrons. The number of nitrogens with one attached hydrogen (secondary N) is 1. The van der Waals surface area contributed by atoms with Gasteiger partial charge in [0.25, 0.3) is 0 Å². The molecule has 16 nitrogen and oxygen atoms in total. The zero-order chi connectivity index (χ0) is 46.1. The monoisotopic (exact) mass is 882 g/mol. The minimum atomic E-state index is -1.35. The van der Waals surface area contributed by atoms with Crippen molar-refractivity contribution in [2.24, 2.45) is 23.7 Å². The molecule has 0 aromatic carbocycles. The number of amides is 1. The number of likely N-dealkylation sites (tertiary alicyclic amines) is 1. The molecule has 5 aliphatic rings. The van der Waals surface area contributed by atoms with Crippen molar-refractivity contribution in [3.05, 3.63) is 0 Å². The van der Waals surface area contributed by atoms with Crippen LogP contribution in [0, 0.1) is 23.7 Å². The maximum Gasteiger partial charge on any atom is 0.408 e. The number of likely N-dealkylation sites (N-methyl/N-ethyl adjacent to an activating group) is 1. The van der Waals surface area contributed by atoms with E-state index < -0.39 is 108 Å². The van der Waals surface area contributed by atoms with Crippen molar-refractivity contribution in [1.82, 2.24) is 15.1 Å². The molecule has 0 aromatic rings. The van der Waals surface area contributed by atoms with Crippen molar-refractivity contribution in [2.75, 3.05) is 41.4 Å². The van der Waals surface area contributed by atoms with Crippen LogP contribution in [0.3, 0.4) is 0 Å². The minimum absolute atomic E-state index is 0.106. The Hall–Kier alpha value is -2.44. The van der Waals surface area contributed by atoms with E-state index in [-0.39, 0.29) is 36.8 Å². The summed E-state index contributed by atoms with van der Waals surface area (Å²) in [6, 6.07) is -0.794. The lowest BCUT2D eigenvalue weighted by Crippen LogP contribution is -2.64. The van der Waals surface area contributed by atoms with Gasteiger partial charge in [0, 0.05) is 51.4 Å². The maximum atomic E-state index is 14.8. The van der Waals surface area contributed by atoms with E-state index in [0.717, 1.165) is 32.4 Å². The molecular formula is C46H79N3O13. The van der Waals surface area contributed by atoms with Crippen molar-refractivity contribution in [3.8, 4) is 0 Å². The van der Waals surface area contributed by atoms with E-state index in [2.05, 4.69) is 36.1 Å². The SMILES string of the molecule is CC[C@H]1OC(=O)[C@H](C)[C@@H](O[C@H]2C[C@@](C)(OC)[C@@H](OC(C)=O)[C@H](C)O2)[C@H](C)[C@@H](O[C@@H]2O[C@H](C)C[C@@H](N3CCCCC3)[C@@H]2N(C)C)[C@@](C)(OC)C[C@@H](C)C(=O)[C@H](C)[C@H]2NC(=O)O[C@@]21C. The number of alkyl carbamates (subject to hydrolysis) is 1. The van der Waals surface area contributed by atoms with E-state index in [9.17, 15) is 19.2 Å². The molecule has 1 N–H and O–H groups in total. The van der Waals surface area contributed by atoms with Gasteiger partial charge in [-0.05, 0) is 101 Å². The maximum absolute atomic E-state index is 14.8. The van der Waals surface area contributed by atoms with Gasteiger partial charge in [0.1, 0.15) is 17.5 Å². The fourth-order valence-corrected chi connectivity index (χ4v) is 11.4. The number of hydrogen-bond acceptors (Lipinski definition) is 15. The van der Waals surface area contributed by atoms with Crippen molar-refractivity contribution in [3.63, 3.8) is 0 Å². The molecule has 0 spiro atoms. The summed E-state index contributed by atoms with van der Waals surface area (Å²) in [5.74, 6) is -4.00. The minimum Gasteiger partial charge on any atom is -0.458 e. The number of carbonyl (C=O) groups is 4. The molecule has 0 aromatic heterocycles. The average Bonchev–Trinajstić information content (AvgIpc) is 3.54.